The number of piperazine rings is 1. The first-order chi connectivity index (χ1) is 10.2. The summed E-state index contributed by atoms with van der Waals surface area (Å²) in [5.41, 5.74) is 0.775. The van der Waals surface area contributed by atoms with Crippen molar-refractivity contribution >= 4 is 0 Å². The first kappa shape index (κ1) is 16.2. The van der Waals surface area contributed by atoms with Crippen molar-refractivity contribution in [1.29, 1.82) is 0 Å². The van der Waals surface area contributed by atoms with E-state index in [1.807, 2.05) is 12.1 Å². The molecule has 0 saturated carbocycles. The fraction of sp³-hybridized carbons (Fsp3) is 0.647. The highest BCUT2D eigenvalue weighted by Gasteiger charge is 2.29. The molecule has 1 saturated heterocycles. The third-order valence-corrected chi connectivity index (χ3v) is 4.36. The average molecular weight is 294 g/mol. The molecule has 1 aliphatic rings. The fourth-order valence-corrected chi connectivity index (χ4v) is 3.35. The van der Waals surface area contributed by atoms with E-state index in [9.17, 15) is 4.39 Å². The van der Waals surface area contributed by atoms with E-state index in [-0.39, 0.29) is 11.9 Å². The van der Waals surface area contributed by atoms with Gasteiger partial charge in [0.25, 0.3) is 0 Å². The Kier molecular flexibility index (Phi) is 6.00. The van der Waals surface area contributed by atoms with E-state index >= 15 is 0 Å². The van der Waals surface area contributed by atoms with Crippen molar-refractivity contribution in [2.45, 2.75) is 32.7 Å². The maximum atomic E-state index is 14.7. The molecule has 1 aliphatic heterocycles. The number of hydrogen-bond acceptors (Lipinski definition) is 3. The molecule has 4 heteroatoms. The Morgan fingerprint density at radius 1 is 1.33 bits per heavy atom. The second kappa shape index (κ2) is 7.76. The van der Waals surface area contributed by atoms with E-state index < -0.39 is 0 Å². The number of halogens is 1. The van der Waals surface area contributed by atoms with Gasteiger partial charge in [0.2, 0.25) is 0 Å². The van der Waals surface area contributed by atoms with Crippen molar-refractivity contribution in [1.82, 2.24) is 10.2 Å². The first-order valence-corrected chi connectivity index (χ1v) is 7.96. The van der Waals surface area contributed by atoms with Crippen LogP contribution in [0.5, 0.6) is 5.75 Å². The Bertz CT molecular complexity index is 446. The Morgan fingerprint density at radius 3 is 2.67 bits per heavy atom. The lowest BCUT2D eigenvalue weighted by molar-refractivity contribution is 0.122. The summed E-state index contributed by atoms with van der Waals surface area (Å²) in [6, 6.07) is 5.63. The Balaban J connectivity index is 2.34. The zero-order valence-electron chi connectivity index (χ0n) is 13.4. The third kappa shape index (κ3) is 3.74. The lowest BCUT2D eigenvalue weighted by atomic mass is 9.88. The van der Waals surface area contributed by atoms with E-state index in [4.69, 9.17) is 4.74 Å². The van der Waals surface area contributed by atoms with Crippen LogP contribution in [0.3, 0.4) is 0 Å². The van der Waals surface area contributed by atoms with Crippen LogP contribution in [0, 0.1) is 11.7 Å². The van der Waals surface area contributed by atoms with Gasteiger partial charge in [0.1, 0.15) is 0 Å². The van der Waals surface area contributed by atoms with Crippen molar-refractivity contribution in [3.05, 3.63) is 29.6 Å². The fourth-order valence-electron chi connectivity index (χ4n) is 3.35. The second-order valence-corrected chi connectivity index (χ2v) is 5.86. The van der Waals surface area contributed by atoms with Crippen molar-refractivity contribution < 1.29 is 9.13 Å². The molecule has 1 aromatic rings. The highest BCUT2D eigenvalue weighted by molar-refractivity contribution is 5.33. The molecule has 0 amide bonds. The maximum absolute atomic E-state index is 14.7. The van der Waals surface area contributed by atoms with E-state index in [0.717, 1.165) is 44.6 Å². The molecule has 118 valence electrons. The average Bonchev–Trinajstić information content (AvgIpc) is 2.51. The number of methoxy groups -OCH3 is 1. The molecule has 0 aliphatic carbocycles. The normalized spacial score (nSPS) is 19.2. The summed E-state index contributed by atoms with van der Waals surface area (Å²) in [6.07, 6.45) is 2.22. The molecule has 0 spiro atoms. The van der Waals surface area contributed by atoms with Crippen molar-refractivity contribution in [2.75, 3.05) is 33.3 Å². The van der Waals surface area contributed by atoms with Gasteiger partial charge in [-0.3, -0.25) is 4.90 Å². The van der Waals surface area contributed by atoms with Gasteiger partial charge in [0.05, 0.1) is 7.11 Å². The Morgan fingerprint density at radius 2 is 2.05 bits per heavy atom. The minimum absolute atomic E-state index is 0.127. The number of nitrogens with zero attached hydrogens (tertiary/aromatic N) is 1. The number of rotatable bonds is 6. The zero-order chi connectivity index (χ0) is 15.2. The zero-order valence-corrected chi connectivity index (χ0v) is 13.4. The minimum Gasteiger partial charge on any atom is -0.494 e. The van der Waals surface area contributed by atoms with E-state index in [1.54, 1.807) is 6.07 Å². The largest absolute Gasteiger partial charge is 0.494 e. The van der Waals surface area contributed by atoms with Gasteiger partial charge in [-0.05, 0) is 18.4 Å². The molecule has 1 unspecified atom stereocenters. The molecule has 0 radical (unpaired) electrons. The van der Waals surface area contributed by atoms with Crippen LogP contribution in [-0.4, -0.2) is 38.2 Å². The molecular weight excluding hydrogens is 267 g/mol. The van der Waals surface area contributed by atoms with E-state index in [1.165, 1.54) is 7.11 Å². The maximum Gasteiger partial charge on any atom is 0.169 e. The van der Waals surface area contributed by atoms with Gasteiger partial charge in [-0.15, -0.1) is 0 Å². The van der Waals surface area contributed by atoms with Crippen molar-refractivity contribution in [2.24, 2.45) is 5.92 Å². The van der Waals surface area contributed by atoms with Crippen LogP contribution in [-0.2, 0) is 0 Å². The van der Waals surface area contributed by atoms with Crippen LogP contribution in [0.1, 0.15) is 38.3 Å². The molecule has 21 heavy (non-hydrogen) atoms. The molecule has 1 fully saturated rings. The summed E-state index contributed by atoms with van der Waals surface area (Å²) < 4.78 is 19.9. The molecule has 1 N–H and O–H groups in total. The Hall–Kier alpha value is -1.13. The van der Waals surface area contributed by atoms with Gasteiger partial charge in [-0.25, -0.2) is 4.39 Å². The van der Waals surface area contributed by atoms with Gasteiger partial charge in [0, 0.05) is 37.8 Å². The predicted molar refractivity (Wildman–Crippen MR) is 84.2 cm³/mol. The molecular formula is C17H27FN2O. The molecule has 0 bridgehead atoms. The van der Waals surface area contributed by atoms with Crippen molar-refractivity contribution in [3.8, 4) is 5.75 Å². The highest BCUT2D eigenvalue weighted by Crippen LogP contribution is 2.35. The molecule has 2 rings (SSSR count). The predicted octanol–water partition coefficient (Wildman–Crippen LogP) is 3.22. The van der Waals surface area contributed by atoms with Crippen molar-refractivity contribution in [3.63, 3.8) is 0 Å². The number of hydrogen-bond donors (Lipinski definition) is 1. The smallest absolute Gasteiger partial charge is 0.169 e. The van der Waals surface area contributed by atoms with E-state index in [0.29, 0.717) is 11.7 Å². The second-order valence-electron chi connectivity index (χ2n) is 5.86. The van der Waals surface area contributed by atoms with Crippen LogP contribution in [0.15, 0.2) is 18.2 Å². The number of ether oxygens (including phenoxy) is 1. The first-order valence-electron chi connectivity index (χ1n) is 7.96. The molecule has 1 aromatic carbocycles. The summed E-state index contributed by atoms with van der Waals surface area (Å²) in [6.45, 7) is 8.30. The van der Waals surface area contributed by atoms with Gasteiger partial charge in [0.15, 0.2) is 11.6 Å². The molecule has 3 nitrogen and oxygen atoms in total. The van der Waals surface area contributed by atoms with Crippen LogP contribution < -0.4 is 10.1 Å². The summed E-state index contributed by atoms with van der Waals surface area (Å²) in [5, 5.41) is 3.37. The van der Waals surface area contributed by atoms with Crippen LogP contribution in [0.4, 0.5) is 4.39 Å². The summed E-state index contributed by atoms with van der Waals surface area (Å²) in [4.78, 5) is 2.41. The minimum atomic E-state index is -0.202. The van der Waals surface area contributed by atoms with E-state index in [2.05, 4.69) is 24.1 Å². The molecule has 2 atom stereocenters. The summed E-state index contributed by atoms with van der Waals surface area (Å²) in [5.74, 6) is 0.567. The van der Waals surface area contributed by atoms with Gasteiger partial charge >= 0.3 is 0 Å². The number of nitrogens with one attached hydrogen (secondary N) is 1. The lowest BCUT2D eigenvalue weighted by Crippen LogP contribution is -2.46. The topological polar surface area (TPSA) is 24.5 Å². The summed E-state index contributed by atoms with van der Waals surface area (Å²) >= 11 is 0. The van der Waals surface area contributed by atoms with Gasteiger partial charge in [-0.2, -0.15) is 0 Å². The SMILES string of the molecule is CCCC(C)[C@H](c1cccc(OC)c1F)N1CCNCC1. The number of benzene rings is 1. The molecule has 0 aromatic heterocycles. The lowest BCUT2D eigenvalue weighted by Gasteiger charge is -2.39. The molecule has 1 heterocycles. The van der Waals surface area contributed by atoms with Crippen LogP contribution in [0.2, 0.25) is 0 Å². The third-order valence-electron chi connectivity index (χ3n) is 4.36. The standard InChI is InChI=1S/C17H27FN2O/c1-4-6-13(2)17(20-11-9-19-10-12-20)14-7-5-8-15(21-3)16(14)18/h5,7-8,13,17,19H,4,6,9-12H2,1-3H3/t13?,17-/m1/s1. The van der Waals surface area contributed by atoms with Gasteiger partial charge < -0.3 is 10.1 Å². The monoisotopic (exact) mass is 294 g/mol. The quantitative estimate of drug-likeness (QED) is 0.872. The van der Waals surface area contributed by atoms with Gasteiger partial charge in [-0.1, -0.05) is 32.4 Å². The van der Waals surface area contributed by atoms with Crippen LogP contribution >= 0.6 is 0 Å². The Labute approximate surface area is 127 Å². The van der Waals surface area contributed by atoms with Crippen LogP contribution in [0.25, 0.3) is 0 Å². The highest BCUT2D eigenvalue weighted by atomic mass is 19.1. The summed E-state index contributed by atoms with van der Waals surface area (Å²) in [7, 11) is 1.53.